The number of nitrogens with one attached hydrogen (secondary N) is 2. The summed E-state index contributed by atoms with van der Waals surface area (Å²) < 4.78 is 5.30. The van der Waals surface area contributed by atoms with E-state index in [9.17, 15) is 9.59 Å². The first-order valence-electron chi connectivity index (χ1n) is 11.0. The van der Waals surface area contributed by atoms with Gasteiger partial charge in [-0.2, -0.15) is 0 Å². The number of carbonyl (C=O) groups is 2. The fraction of sp³-hybridized carbons (Fsp3) is 0.280. The number of ether oxygens (including phenoxy) is 1. The van der Waals surface area contributed by atoms with E-state index in [1.165, 1.54) is 0 Å². The fourth-order valence-electron chi connectivity index (χ4n) is 3.20. The number of rotatable bonds is 8. The van der Waals surface area contributed by atoms with Gasteiger partial charge in [-0.05, 0) is 74.2 Å². The zero-order valence-electron chi connectivity index (χ0n) is 19.7. The second kappa shape index (κ2) is 11.9. The van der Waals surface area contributed by atoms with Gasteiger partial charge in [0.2, 0.25) is 5.28 Å². The highest BCUT2D eigenvalue weighted by molar-refractivity contribution is 6.62. The van der Waals surface area contributed by atoms with Gasteiger partial charge in [0.1, 0.15) is 11.4 Å². The minimum atomic E-state index is -0.606. The predicted octanol–water partition coefficient (Wildman–Crippen LogP) is 6.62. The monoisotopic (exact) mass is 515 g/mol. The minimum absolute atomic E-state index is 0.0776. The highest BCUT2D eigenvalue weighted by atomic mass is 35.5. The molecule has 0 bridgehead atoms. The average Bonchev–Trinajstić information content (AvgIpc) is 2.77. The van der Waals surface area contributed by atoms with Gasteiger partial charge in [0.15, 0.2) is 0 Å². The van der Waals surface area contributed by atoms with Crippen molar-refractivity contribution in [1.29, 1.82) is 0 Å². The lowest BCUT2D eigenvalue weighted by Gasteiger charge is -2.21. The smallest absolute Gasteiger partial charge is 0.412 e. The number of benzene rings is 2. The van der Waals surface area contributed by atoms with Crippen molar-refractivity contribution < 1.29 is 14.3 Å². The first kappa shape index (κ1) is 26.2. The second-order valence-corrected chi connectivity index (χ2v) is 9.42. The highest BCUT2D eigenvalue weighted by Gasteiger charge is 2.17. The van der Waals surface area contributed by atoms with Crippen molar-refractivity contribution in [1.82, 2.24) is 14.9 Å². The van der Waals surface area contributed by atoms with E-state index in [2.05, 4.69) is 20.6 Å². The molecule has 0 saturated carbocycles. The van der Waals surface area contributed by atoms with E-state index in [1.807, 2.05) is 36.4 Å². The van der Waals surface area contributed by atoms with Crippen LogP contribution >= 0.6 is 23.2 Å². The molecule has 0 radical (unpaired) electrons. The molecule has 0 spiro atoms. The van der Waals surface area contributed by atoms with Crippen molar-refractivity contribution in [3.05, 3.63) is 77.2 Å². The zero-order chi connectivity index (χ0) is 25.4. The number of hydrogen-bond donors (Lipinski definition) is 2. The van der Waals surface area contributed by atoms with Crippen molar-refractivity contribution in [3.63, 3.8) is 0 Å². The normalized spacial score (nSPS) is 11.0. The summed E-state index contributed by atoms with van der Waals surface area (Å²) in [5, 5.41) is 5.46. The van der Waals surface area contributed by atoms with Crippen molar-refractivity contribution >= 4 is 51.9 Å². The molecule has 0 fully saturated rings. The molecule has 2 N–H and O–H groups in total. The van der Waals surface area contributed by atoms with Crippen LogP contribution in [0.15, 0.2) is 60.8 Å². The van der Waals surface area contributed by atoms with Crippen LogP contribution in [0.3, 0.4) is 0 Å². The Bertz CT molecular complexity index is 1170. The first-order valence-corrected chi connectivity index (χ1v) is 11.7. The quantitative estimate of drug-likeness (QED) is 0.198. The predicted molar refractivity (Wildman–Crippen MR) is 138 cm³/mol. The maximum Gasteiger partial charge on any atom is 0.412 e. The van der Waals surface area contributed by atoms with E-state index in [-0.39, 0.29) is 5.28 Å². The lowest BCUT2D eigenvalue weighted by atomic mass is 10.1. The van der Waals surface area contributed by atoms with Crippen LogP contribution in [-0.2, 0) is 17.7 Å². The molecule has 0 aliphatic rings. The zero-order valence-corrected chi connectivity index (χ0v) is 21.2. The molecule has 35 heavy (non-hydrogen) atoms. The molecule has 3 rings (SSSR count). The van der Waals surface area contributed by atoms with Crippen molar-refractivity contribution in [3.8, 4) is 0 Å². The number of halogens is 2. The van der Waals surface area contributed by atoms with Gasteiger partial charge in [-0.3, -0.25) is 10.1 Å². The Morgan fingerprint density at radius 3 is 2.46 bits per heavy atom. The summed E-state index contributed by atoms with van der Waals surface area (Å²) >= 11 is 11.9. The standard InChI is InChI=1S/C25H27Cl2N5O3/c1-25(2,3)35-24(34)30-20-11-7-10-19(14-20)29-21-18(15-28-22(26)31-21)12-13-32(23(27)33)16-17-8-5-4-6-9-17/h4-11,14-15H,12-13,16H2,1-3H3,(H,30,34)(H,28,29,31). The molecule has 2 amide bonds. The Labute approximate surface area is 214 Å². The van der Waals surface area contributed by atoms with Gasteiger partial charge in [0.05, 0.1) is 0 Å². The van der Waals surface area contributed by atoms with Crippen LogP contribution in [0.2, 0.25) is 5.28 Å². The molecule has 184 valence electrons. The molecule has 0 saturated heterocycles. The van der Waals surface area contributed by atoms with Crippen LogP contribution in [0, 0.1) is 0 Å². The van der Waals surface area contributed by atoms with E-state index in [0.29, 0.717) is 36.7 Å². The number of hydrogen-bond acceptors (Lipinski definition) is 6. The van der Waals surface area contributed by atoms with Crippen molar-refractivity contribution in [2.45, 2.75) is 39.3 Å². The molecule has 2 aromatic carbocycles. The molecule has 0 aliphatic carbocycles. The first-order chi connectivity index (χ1) is 16.6. The molecule has 0 aliphatic heterocycles. The van der Waals surface area contributed by atoms with E-state index in [4.69, 9.17) is 27.9 Å². The third-order valence-corrected chi connectivity index (χ3v) is 5.14. The van der Waals surface area contributed by atoms with Gasteiger partial charge >= 0.3 is 11.5 Å². The summed E-state index contributed by atoms with van der Waals surface area (Å²) in [6, 6.07) is 16.7. The number of carbonyl (C=O) groups excluding carboxylic acids is 2. The van der Waals surface area contributed by atoms with Crippen LogP contribution in [0.1, 0.15) is 31.9 Å². The molecule has 10 heteroatoms. The number of amides is 2. The molecule has 3 aromatic rings. The third-order valence-electron chi connectivity index (χ3n) is 4.72. The van der Waals surface area contributed by atoms with Gasteiger partial charge in [0.25, 0.3) is 0 Å². The minimum Gasteiger partial charge on any atom is -0.444 e. The van der Waals surface area contributed by atoms with Crippen LogP contribution in [0.5, 0.6) is 0 Å². The summed E-state index contributed by atoms with van der Waals surface area (Å²) in [5.41, 5.74) is 2.33. The second-order valence-electron chi connectivity index (χ2n) is 8.76. The van der Waals surface area contributed by atoms with Crippen LogP contribution in [0.25, 0.3) is 0 Å². The number of anilines is 3. The Hall–Kier alpha value is -3.36. The van der Waals surface area contributed by atoms with E-state index >= 15 is 0 Å². The van der Waals surface area contributed by atoms with Crippen LogP contribution in [0.4, 0.5) is 26.8 Å². The molecular weight excluding hydrogens is 489 g/mol. The average molecular weight is 516 g/mol. The third kappa shape index (κ3) is 8.73. The lowest BCUT2D eigenvalue weighted by molar-refractivity contribution is 0.0636. The Balaban J connectivity index is 1.71. The van der Waals surface area contributed by atoms with Gasteiger partial charge in [-0.1, -0.05) is 36.4 Å². The van der Waals surface area contributed by atoms with Crippen molar-refractivity contribution in [2.24, 2.45) is 0 Å². The van der Waals surface area contributed by atoms with E-state index in [1.54, 1.807) is 50.1 Å². The number of nitrogens with zero attached hydrogens (tertiary/aromatic N) is 3. The molecule has 0 atom stereocenters. The molecular formula is C25H27Cl2N5O3. The van der Waals surface area contributed by atoms with Gasteiger partial charge in [-0.15, -0.1) is 0 Å². The molecule has 1 aromatic heterocycles. The summed E-state index contributed by atoms with van der Waals surface area (Å²) in [5.74, 6) is 0.487. The van der Waals surface area contributed by atoms with Gasteiger partial charge in [-0.25, -0.2) is 14.8 Å². The maximum absolute atomic E-state index is 12.1. The number of aromatic nitrogens is 2. The Kier molecular flexibility index (Phi) is 8.89. The molecule has 8 nitrogen and oxygen atoms in total. The van der Waals surface area contributed by atoms with Crippen LogP contribution < -0.4 is 10.6 Å². The lowest BCUT2D eigenvalue weighted by Crippen LogP contribution is -2.28. The van der Waals surface area contributed by atoms with Crippen LogP contribution in [-0.4, -0.2) is 38.5 Å². The largest absolute Gasteiger partial charge is 0.444 e. The van der Waals surface area contributed by atoms with Gasteiger partial charge < -0.3 is 15.0 Å². The van der Waals surface area contributed by atoms with Gasteiger partial charge in [0, 0.05) is 36.2 Å². The maximum atomic E-state index is 12.1. The molecule has 0 unspecified atom stereocenters. The SMILES string of the molecule is CC(C)(C)OC(=O)Nc1cccc(Nc2nc(Cl)ncc2CCN(Cc2ccccc2)C(=O)Cl)c1. The Morgan fingerprint density at radius 2 is 1.77 bits per heavy atom. The Morgan fingerprint density at radius 1 is 1.06 bits per heavy atom. The topological polar surface area (TPSA) is 96.4 Å². The summed E-state index contributed by atoms with van der Waals surface area (Å²) in [7, 11) is 0. The summed E-state index contributed by atoms with van der Waals surface area (Å²) in [6.07, 6.45) is 1.50. The van der Waals surface area contributed by atoms with Crippen molar-refractivity contribution in [2.75, 3.05) is 17.2 Å². The molecule has 1 heterocycles. The summed E-state index contributed by atoms with van der Waals surface area (Å²) in [6.45, 7) is 6.13. The summed E-state index contributed by atoms with van der Waals surface area (Å²) in [4.78, 5) is 34.0. The van der Waals surface area contributed by atoms with E-state index < -0.39 is 17.1 Å². The highest BCUT2D eigenvalue weighted by Crippen LogP contribution is 2.24. The van der Waals surface area contributed by atoms with E-state index in [0.717, 1.165) is 11.1 Å². The fourth-order valence-corrected chi connectivity index (χ4v) is 3.48.